The van der Waals surface area contributed by atoms with Crippen LogP contribution in [0, 0.1) is 0 Å². The SMILES string of the molecule is N[C@@H]1C(=O)N(C2CCCC2)c2ccc(Br)cc21. The first kappa shape index (κ1) is 11.2. The van der Waals surface area contributed by atoms with E-state index in [9.17, 15) is 4.79 Å². The molecule has 4 heteroatoms. The van der Waals surface area contributed by atoms with E-state index < -0.39 is 6.04 Å². The molecule has 0 aromatic heterocycles. The maximum atomic E-state index is 12.2. The second kappa shape index (κ2) is 4.10. The van der Waals surface area contributed by atoms with Gasteiger partial charge in [0.25, 0.3) is 0 Å². The van der Waals surface area contributed by atoms with Gasteiger partial charge in [-0.3, -0.25) is 4.79 Å². The molecule has 1 aliphatic carbocycles. The minimum absolute atomic E-state index is 0.0602. The van der Waals surface area contributed by atoms with Crippen LogP contribution in [0.15, 0.2) is 22.7 Å². The Morgan fingerprint density at radius 3 is 2.71 bits per heavy atom. The molecule has 1 amide bonds. The second-order valence-corrected chi connectivity index (χ2v) is 5.74. The lowest BCUT2D eigenvalue weighted by Gasteiger charge is -2.24. The minimum atomic E-state index is -0.483. The zero-order chi connectivity index (χ0) is 12.0. The van der Waals surface area contributed by atoms with Gasteiger partial charge in [0.2, 0.25) is 5.91 Å². The van der Waals surface area contributed by atoms with Gasteiger partial charge in [-0.1, -0.05) is 28.8 Å². The normalized spacial score (nSPS) is 24.5. The van der Waals surface area contributed by atoms with Crippen LogP contribution in [0.2, 0.25) is 0 Å². The van der Waals surface area contributed by atoms with Gasteiger partial charge in [0, 0.05) is 21.8 Å². The van der Waals surface area contributed by atoms with Gasteiger partial charge in [0.15, 0.2) is 0 Å². The van der Waals surface area contributed by atoms with Crippen LogP contribution in [0.5, 0.6) is 0 Å². The van der Waals surface area contributed by atoms with E-state index in [0.29, 0.717) is 6.04 Å². The lowest BCUT2D eigenvalue weighted by Crippen LogP contribution is -2.38. The molecule has 1 atom stereocenters. The maximum absolute atomic E-state index is 12.2. The van der Waals surface area contributed by atoms with Crippen LogP contribution in [-0.4, -0.2) is 11.9 Å². The number of hydrogen-bond donors (Lipinski definition) is 1. The fourth-order valence-electron chi connectivity index (χ4n) is 2.93. The van der Waals surface area contributed by atoms with Crippen LogP contribution in [0.25, 0.3) is 0 Å². The predicted octanol–water partition coefficient (Wildman–Crippen LogP) is 2.74. The summed E-state index contributed by atoms with van der Waals surface area (Å²) in [5, 5.41) is 0. The van der Waals surface area contributed by atoms with Gasteiger partial charge in [0.1, 0.15) is 6.04 Å². The lowest BCUT2D eigenvalue weighted by molar-refractivity contribution is -0.119. The fourth-order valence-corrected chi connectivity index (χ4v) is 3.31. The monoisotopic (exact) mass is 294 g/mol. The predicted molar refractivity (Wildman–Crippen MR) is 70.8 cm³/mol. The first-order valence-electron chi connectivity index (χ1n) is 6.06. The molecule has 2 N–H and O–H groups in total. The van der Waals surface area contributed by atoms with E-state index in [2.05, 4.69) is 15.9 Å². The van der Waals surface area contributed by atoms with Gasteiger partial charge in [0.05, 0.1) is 0 Å². The van der Waals surface area contributed by atoms with E-state index in [1.807, 2.05) is 23.1 Å². The molecule has 1 fully saturated rings. The molecule has 1 heterocycles. The zero-order valence-corrected chi connectivity index (χ0v) is 11.1. The van der Waals surface area contributed by atoms with Crippen LogP contribution in [0.4, 0.5) is 5.69 Å². The van der Waals surface area contributed by atoms with Crippen molar-refractivity contribution in [2.45, 2.75) is 37.8 Å². The van der Waals surface area contributed by atoms with Crippen molar-refractivity contribution in [3.8, 4) is 0 Å². The number of benzene rings is 1. The van der Waals surface area contributed by atoms with Gasteiger partial charge >= 0.3 is 0 Å². The van der Waals surface area contributed by atoms with E-state index in [1.54, 1.807) is 0 Å². The number of hydrogen-bond acceptors (Lipinski definition) is 2. The number of anilines is 1. The smallest absolute Gasteiger partial charge is 0.248 e. The zero-order valence-electron chi connectivity index (χ0n) is 9.53. The quantitative estimate of drug-likeness (QED) is 0.866. The van der Waals surface area contributed by atoms with Gasteiger partial charge in [-0.25, -0.2) is 0 Å². The Morgan fingerprint density at radius 2 is 2.00 bits per heavy atom. The molecule has 1 aromatic carbocycles. The molecule has 17 heavy (non-hydrogen) atoms. The van der Waals surface area contributed by atoms with Crippen molar-refractivity contribution in [3.05, 3.63) is 28.2 Å². The average molecular weight is 295 g/mol. The summed E-state index contributed by atoms with van der Waals surface area (Å²) >= 11 is 3.43. The van der Waals surface area contributed by atoms with E-state index in [1.165, 1.54) is 12.8 Å². The Kier molecular flexibility index (Phi) is 2.71. The fraction of sp³-hybridized carbons (Fsp3) is 0.462. The number of carbonyl (C=O) groups is 1. The molecule has 0 spiro atoms. The third-order valence-electron chi connectivity index (χ3n) is 3.78. The third-order valence-corrected chi connectivity index (χ3v) is 4.27. The van der Waals surface area contributed by atoms with Crippen LogP contribution < -0.4 is 10.6 Å². The van der Waals surface area contributed by atoms with Crippen molar-refractivity contribution in [2.75, 3.05) is 4.90 Å². The summed E-state index contributed by atoms with van der Waals surface area (Å²) in [6, 6.07) is 5.82. The number of nitrogens with two attached hydrogens (primary N) is 1. The van der Waals surface area contributed by atoms with Crippen LogP contribution in [-0.2, 0) is 4.79 Å². The molecule has 3 nitrogen and oxygen atoms in total. The van der Waals surface area contributed by atoms with Gasteiger partial charge in [-0.05, 0) is 31.0 Å². The number of nitrogens with zero attached hydrogens (tertiary/aromatic N) is 1. The Labute approximate surface area is 109 Å². The molecule has 3 rings (SSSR count). The molecule has 0 bridgehead atoms. The highest BCUT2D eigenvalue weighted by atomic mass is 79.9. The molecule has 1 aliphatic heterocycles. The number of halogens is 1. The molecule has 90 valence electrons. The Bertz CT molecular complexity index is 468. The topological polar surface area (TPSA) is 46.3 Å². The van der Waals surface area contributed by atoms with E-state index >= 15 is 0 Å². The van der Waals surface area contributed by atoms with Gasteiger partial charge in [-0.15, -0.1) is 0 Å². The molecule has 0 unspecified atom stereocenters. The van der Waals surface area contributed by atoms with Crippen molar-refractivity contribution in [3.63, 3.8) is 0 Å². The molecular weight excluding hydrogens is 280 g/mol. The summed E-state index contributed by atoms with van der Waals surface area (Å²) in [6.07, 6.45) is 4.65. The summed E-state index contributed by atoms with van der Waals surface area (Å²) in [7, 11) is 0. The molecule has 0 saturated heterocycles. The maximum Gasteiger partial charge on any atom is 0.248 e. The summed E-state index contributed by atoms with van der Waals surface area (Å²) in [5.74, 6) is 0.0602. The first-order valence-corrected chi connectivity index (χ1v) is 6.86. The Morgan fingerprint density at radius 1 is 1.29 bits per heavy atom. The Hall–Kier alpha value is -0.870. The summed E-state index contributed by atoms with van der Waals surface area (Å²) in [5.41, 5.74) is 7.97. The third kappa shape index (κ3) is 1.70. The molecule has 1 saturated carbocycles. The summed E-state index contributed by atoms with van der Waals surface area (Å²) in [4.78, 5) is 14.2. The van der Waals surface area contributed by atoms with E-state index in [0.717, 1.165) is 28.6 Å². The minimum Gasteiger partial charge on any atom is -0.316 e. The highest BCUT2D eigenvalue weighted by Crippen LogP contribution is 2.40. The van der Waals surface area contributed by atoms with Gasteiger partial charge < -0.3 is 10.6 Å². The van der Waals surface area contributed by atoms with Crippen molar-refractivity contribution in [1.29, 1.82) is 0 Å². The van der Waals surface area contributed by atoms with Crippen LogP contribution in [0.3, 0.4) is 0 Å². The first-order chi connectivity index (χ1) is 8.18. The lowest BCUT2D eigenvalue weighted by atomic mass is 10.1. The molecular formula is C13H15BrN2O. The number of amides is 1. The molecule has 0 radical (unpaired) electrons. The van der Waals surface area contributed by atoms with Crippen molar-refractivity contribution in [2.24, 2.45) is 5.73 Å². The van der Waals surface area contributed by atoms with Crippen LogP contribution in [0.1, 0.15) is 37.3 Å². The van der Waals surface area contributed by atoms with Crippen molar-refractivity contribution >= 4 is 27.5 Å². The van der Waals surface area contributed by atoms with E-state index in [4.69, 9.17) is 5.73 Å². The molecule has 2 aliphatic rings. The average Bonchev–Trinajstić information content (AvgIpc) is 2.90. The number of carbonyl (C=O) groups excluding carboxylic acids is 1. The van der Waals surface area contributed by atoms with Crippen molar-refractivity contribution < 1.29 is 4.79 Å². The number of rotatable bonds is 1. The summed E-state index contributed by atoms with van der Waals surface area (Å²) < 4.78 is 0.979. The summed E-state index contributed by atoms with van der Waals surface area (Å²) in [6.45, 7) is 0. The highest BCUT2D eigenvalue weighted by Gasteiger charge is 2.39. The number of fused-ring (bicyclic) bond motifs is 1. The van der Waals surface area contributed by atoms with Crippen molar-refractivity contribution in [1.82, 2.24) is 0 Å². The van der Waals surface area contributed by atoms with Crippen LogP contribution >= 0.6 is 15.9 Å². The standard InChI is InChI=1S/C13H15BrN2O/c14-8-5-6-11-10(7-8)12(15)13(17)16(11)9-3-1-2-4-9/h5-7,9,12H,1-4,15H2/t12-/m0/s1. The Balaban J connectivity index is 2.04. The van der Waals surface area contributed by atoms with Gasteiger partial charge in [-0.2, -0.15) is 0 Å². The molecule has 1 aromatic rings. The largest absolute Gasteiger partial charge is 0.316 e. The highest BCUT2D eigenvalue weighted by molar-refractivity contribution is 9.10. The van der Waals surface area contributed by atoms with E-state index in [-0.39, 0.29) is 5.91 Å². The second-order valence-electron chi connectivity index (χ2n) is 4.83.